The lowest BCUT2D eigenvalue weighted by Crippen LogP contribution is -2.58. The van der Waals surface area contributed by atoms with Gasteiger partial charge in [-0.2, -0.15) is 0 Å². The summed E-state index contributed by atoms with van der Waals surface area (Å²) in [6.45, 7) is 8.64. The van der Waals surface area contributed by atoms with Crippen molar-refractivity contribution in [3.8, 4) is 0 Å². The van der Waals surface area contributed by atoms with Crippen molar-refractivity contribution in [1.82, 2.24) is 10.2 Å². The smallest absolute Gasteiger partial charge is 0.0107 e. The van der Waals surface area contributed by atoms with Gasteiger partial charge in [0.05, 0.1) is 0 Å². The Morgan fingerprint density at radius 3 is 2.47 bits per heavy atom. The minimum absolute atomic E-state index is 0.767. The highest BCUT2D eigenvalue weighted by molar-refractivity contribution is 4.96. The van der Waals surface area contributed by atoms with Crippen molar-refractivity contribution >= 4 is 0 Å². The standard InChI is InChI=1S/C13H26N2/c1-2-8-14-9-10-15-11-13(12-15)6-4-3-5-7-13/h14H,2-12H2,1H3. The molecule has 15 heavy (non-hydrogen) atoms. The molecule has 2 heteroatoms. The zero-order valence-corrected chi connectivity index (χ0v) is 10.2. The van der Waals surface area contributed by atoms with E-state index in [0.717, 1.165) is 5.41 Å². The largest absolute Gasteiger partial charge is 0.315 e. The number of nitrogens with one attached hydrogen (secondary N) is 1. The second-order valence-corrected chi connectivity index (χ2v) is 5.52. The van der Waals surface area contributed by atoms with E-state index in [1.54, 1.807) is 0 Å². The third-order valence-electron chi connectivity index (χ3n) is 4.06. The molecule has 0 aromatic rings. The fourth-order valence-electron chi connectivity index (χ4n) is 3.22. The van der Waals surface area contributed by atoms with E-state index in [4.69, 9.17) is 0 Å². The van der Waals surface area contributed by atoms with Crippen LogP contribution in [0.25, 0.3) is 0 Å². The Kier molecular flexibility index (Phi) is 4.04. The average Bonchev–Trinajstić information content (AvgIpc) is 2.23. The first-order chi connectivity index (χ1) is 7.35. The van der Waals surface area contributed by atoms with Crippen LogP contribution in [0.2, 0.25) is 0 Å². The zero-order chi connectivity index (χ0) is 10.6. The van der Waals surface area contributed by atoms with Gasteiger partial charge in [0, 0.05) is 26.2 Å². The summed E-state index contributed by atoms with van der Waals surface area (Å²) in [6.07, 6.45) is 8.73. The molecule has 1 aliphatic heterocycles. The maximum atomic E-state index is 3.48. The lowest BCUT2D eigenvalue weighted by Gasteiger charge is -2.52. The Hall–Kier alpha value is -0.0800. The van der Waals surface area contributed by atoms with Crippen molar-refractivity contribution in [3.05, 3.63) is 0 Å². The Balaban J connectivity index is 1.56. The Labute approximate surface area is 94.4 Å². The molecule has 0 aromatic carbocycles. The molecule has 2 fully saturated rings. The highest BCUT2D eigenvalue weighted by atomic mass is 15.2. The molecule has 2 rings (SSSR count). The topological polar surface area (TPSA) is 15.3 Å². The van der Waals surface area contributed by atoms with E-state index in [-0.39, 0.29) is 0 Å². The number of rotatable bonds is 5. The van der Waals surface area contributed by atoms with E-state index in [9.17, 15) is 0 Å². The zero-order valence-electron chi connectivity index (χ0n) is 10.2. The van der Waals surface area contributed by atoms with Gasteiger partial charge in [-0.3, -0.25) is 0 Å². The van der Waals surface area contributed by atoms with E-state index >= 15 is 0 Å². The number of nitrogens with zero attached hydrogens (tertiary/aromatic N) is 1. The summed E-state index contributed by atoms with van der Waals surface area (Å²) in [7, 11) is 0. The van der Waals surface area contributed by atoms with Gasteiger partial charge in [0.1, 0.15) is 0 Å². The molecule has 0 aromatic heterocycles. The molecule has 1 aliphatic carbocycles. The highest BCUT2D eigenvalue weighted by Crippen LogP contribution is 2.43. The van der Waals surface area contributed by atoms with Gasteiger partial charge in [0.2, 0.25) is 0 Å². The van der Waals surface area contributed by atoms with E-state index in [2.05, 4.69) is 17.1 Å². The second kappa shape index (κ2) is 5.31. The molecule has 1 spiro atoms. The molecular weight excluding hydrogens is 184 g/mol. The van der Waals surface area contributed by atoms with Crippen LogP contribution in [0.3, 0.4) is 0 Å². The summed E-state index contributed by atoms with van der Waals surface area (Å²) < 4.78 is 0. The van der Waals surface area contributed by atoms with Gasteiger partial charge in [0.25, 0.3) is 0 Å². The number of hydrogen-bond acceptors (Lipinski definition) is 2. The van der Waals surface area contributed by atoms with Crippen molar-refractivity contribution in [1.29, 1.82) is 0 Å². The lowest BCUT2D eigenvalue weighted by atomic mass is 9.69. The van der Waals surface area contributed by atoms with Crippen LogP contribution in [0, 0.1) is 5.41 Å². The predicted octanol–water partition coefficient (Wildman–Crippen LogP) is 2.25. The molecule has 2 aliphatic rings. The Morgan fingerprint density at radius 2 is 1.80 bits per heavy atom. The van der Waals surface area contributed by atoms with Crippen LogP contribution in [-0.2, 0) is 0 Å². The van der Waals surface area contributed by atoms with Gasteiger partial charge in [0.15, 0.2) is 0 Å². The van der Waals surface area contributed by atoms with Gasteiger partial charge in [-0.1, -0.05) is 26.2 Å². The third kappa shape index (κ3) is 2.94. The fourth-order valence-corrected chi connectivity index (χ4v) is 3.22. The highest BCUT2D eigenvalue weighted by Gasteiger charge is 2.42. The van der Waals surface area contributed by atoms with Gasteiger partial charge in [-0.15, -0.1) is 0 Å². The molecule has 0 bridgehead atoms. The van der Waals surface area contributed by atoms with Crippen LogP contribution in [0.4, 0.5) is 0 Å². The molecule has 1 saturated carbocycles. The number of likely N-dealkylation sites (tertiary alicyclic amines) is 1. The summed E-state index contributed by atoms with van der Waals surface area (Å²) >= 11 is 0. The van der Waals surface area contributed by atoms with E-state index < -0.39 is 0 Å². The normalized spacial score (nSPS) is 25.4. The molecule has 2 nitrogen and oxygen atoms in total. The molecule has 1 N–H and O–H groups in total. The second-order valence-electron chi connectivity index (χ2n) is 5.52. The summed E-state index contributed by atoms with van der Waals surface area (Å²) in [4.78, 5) is 2.63. The first kappa shape index (κ1) is 11.4. The molecule has 0 radical (unpaired) electrons. The van der Waals surface area contributed by atoms with Crippen LogP contribution in [-0.4, -0.2) is 37.6 Å². The fraction of sp³-hybridized carbons (Fsp3) is 1.00. The summed E-state index contributed by atoms with van der Waals surface area (Å²) in [6, 6.07) is 0. The molecule has 0 amide bonds. The van der Waals surface area contributed by atoms with E-state index in [0.29, 0.717) is 0 Å². The van der Waals surface area contributed by atoms with Crippen LogP contribution in [0.1, 0.15) is 45.4 Å². The summed E-state index contributed by atoms with van der Waals surface area (Å²) in [5.41, 5.74) is 0.767. The first-order valence-electron chi connectivity index (χ1n) is 6.78. The minimum atomic E-state index is 0.767. The molecular formula is C13H26N2. The van der Waals surface area contributed by atoms with Crippen molar-refractivity contribution in [2.24, 2.45) is 5.41 Å². The monoisotopic (exact) mass is 210 g/mol. The quantitative estimate of drug-likeness (QED) is 0.700. The molecule has 0 unspecified atom stereocenters. The number of hydrogen-bond donors (Lipinski definition) is 1. The Morgan fingerprint density at radius 1 is 1.07 bits per heavy atom. The Bertz CT molecular complexity index is 177. The average molecular weight is 210 g/mol. The maximum absolute atomic E-state index is 3.48. The maximum Gasteiger partial charge on any atom is 0.0107 e. The van der Waals surface area contributed by atoms with Gasteiger partial charge >= 0.3 is 0 Å². The van der Waals surface area contributed by atoms with Gasteiger partial charge < -0.3 is 10.2 Å². The van der Waals surface area contributed by atoms with Gasteiger partial charge in [-0.05, 0) is 31.2 Å². The molecule has 88 valence electrons. The van der Waals surface area contributed by atoms with Crippen molar-refractivity contribution in [2.45, 2.75) is 45.4 Å². The van der Waals surface area contributed by atoms with Crippen LogP contribution in [0.15, 0.2) is 0 Å². The van der Waals surface area contributed by atoms with E-state index in [1.807, 2.05) is 0 Å². The van der Waals surface area contributed by atoms with Crippen molar-refractivity contribution in [2.75, 3.05) is 32.7 Å². The van der Waals surface area contributed by atoms with Crippen LogP contribution >= 0.6 is 0 Å². The SMILES string of the molecule is CCCNCCN1CC2(CCCCC2)C1. The van der Waals surface area contributed by atoms with Gasteiger partial charge in [-0.25, -0.2) is 0 Å². The lowest BCUT2D eigenvalue weighted by molar-refractivity contribution is -0.0266. The minimum Gasteiger partial charge on any atom is -0.315 e. The van der Waals surface area contributed by atoms with Crippen LogP contribution in [0.5, 0.6) is 0 Å². The molecule has 0 atom stereocenters. The predicted molar refractivity (Wildman–Crippen MR) is 65.1 cm³/mol. The van der Waals surface area contributed by atoms with Crippen molar-refractivity contribution in [3.63, 3.8) is 0 Å². The molecule has 1 saturated heterocycles. The summed E-state index contributed by atoms with van der Waals surface area (Å²) in [5, 5.41) is 3.48. The van der Waals surface area contributed by atoms with E-state index in [1.165, 1.54) is 71.2 Å². The first-order valence-corrected chi connectivity index (χ1v) is 6.78. The van der Waals surface area contributed by atoms with Crippen LogP contribution < -0.4 is 5.32 Å². The van der Waals surface area contributed by atoms with Crippen molar-refractivity contribution < 1.29 is 0 Å². The summed E-state index contributed by atoms with van der Waals surface area (Å²) in [5.74, 6) is 0. The molecule has 1 heterocycles. The third-order valence-corrected chi connectivity index (χ3v) is 4.06.